The fourth-order valence-electron chi connectivity index (χ4n) is 1.19. The molecule has 1 aromatic rings. The first-order chi connectivity index (χ1) is 7.19. The summed E-state index contributed by atoms with van der Waals surface area (Å²) in [5.41, 5.74) is 0.554. The van der Waals surface area contributed by atoms with Crippen LogP contribution in [-0.2, 0) is 0 Å². The molecule has 83 valence electrons. The zero-order chi connectivity index (χ0) is 11.3. The van der Waals surface area contributed by atoms with Crippen LogP contribution in [0.5, 0.6) is 5.75 Å². The number of hydrogen-bond donors (Lipinski definition) is 0. The van der Waals surface area contributed by atoms with Crippen LogP contribution in [0.3, 0.4) is 0 Å². The first-order valence-electron chi connectivity index (χ1n) is 5.00. The lowest BCUT2D eigenvalue weighted by Gasteiger charge is -2.10. The molecular weight excluding hydrogens is 198 g/mol. The van der Waals surface area contributed by atoms with Crippen molar-refractivity contribution < 1.29 is 13.5 Å². The van der Waals surface area contributed by atoms with E-state index in [0.29, 0.717) is 12.2 Å². The molecule has 1 atom stereocenters. The van der Waals surface area contributed by atoms with Crippen LogP contribution >= 0.6 is 0 Å². The largest absolute Gasteiger partial charge is 0.491 e. The predicted octanol–water partition coefficient (Wildman–Crippen LogP) is 3.50. The van der Waals surface area contributed by atoms with Crippen LogP contribution < -0.4 is 4.74 Å². The molecule has 1 rings (SSSR count). The predicted molar refractivity (Wildman–Crippen MR) is 56.3 cm³/mol. The molecule has 1 aromatic carbocycles. The van der Waals surface area contributed by atoms with E-state index in [1.54, 1.807) is 6.07 Å². The fourth-order valence-corrected chi connectivity index (χ4v) is 1.19. The third kappa shape index (κ3) is 3.18. The molecule has 0 fully saturated rings. The van der Waals surface area contributed by atoms with E-state index < -0.39 is 18.4 Å². The molecule has 0 N–H and O–H groups in total. The molecule has 0 amide bonds. The van der Waals surface area contributed by atoms with Crippen LogP contribution in [0, 0.1) is 12.7 Å². The van der Waals surface area contributed by atoms with E-state index in [1.807, 2.05) is 6.92 Å². The van der Waals surface area contributed by atoms with Crippen molar-refractivity contribution >= 4 is 0 Å². The Morgan fingerprint density at radius 3 is 2.73 bits per heavy atom. The Hall–Kier alpha value is -1.12. The normalized spacial score (nSPS) is 12.5. The van der Waals surface area contributed by atoms with Crippen LogP contribution in [0.2, 0.25) is 0 Å². The van der Waals surface area contributed by atoms with Crippen LogP contribution in [-0.4, -0.2) is 13.3 Å². The fraction of sp³-hybridized carbons (Fsp3) is 0.417. The number of alkyl halides is 1. The first kappa shape index (κ1) is 12.0. The summed E-state index contributed by atoms with van der Waals surface area (Å²) < 4.78 is 30.9. The van der Waals surface area contributed by atoms with E-state index in [2.05, 4.69) is 6.92 Å². The first-order valence-corrected chi connectivity index (χ1v) is 5.00. The van der Waals surface area contributed by atoms with Gasteiger partial charge in [-0.1, -0.05) is 13.0 Å². The second kappa shape index (κ2) is 5.69. The SMILES string of the molecule is [CH2]C(CF)c1ccc(OCCC)c(F)c1. The van der Waals surface area contributed by atoms with Gasteiger partial charge in [0, 0.05) is 5.92 Å². The molecule has 0 spiro atoms. The van der Waals surface area contributed by atoms with Crippen molar-refractivity contribution in [2.45, 2.75) is 19.3 Å². The van der Waals surface area contributed by atoms with E-state index in [9.17, 15) is 8.78 Å². The van der Waals surface area contributed by atoms with Crippen LogP contribution in [0.15, 0.2) is 18.2 Å². The summed E-state index contributed by atoms with van der Waals surface area (Å²) in [5.74, 6) is -0.755. The molecule has 0 aromatic heterocycles. The lowest BCUT2D eigenvalue weighted by atomic mass is 10.0. The van der Waals surface area contributed by atoms with E-state index >= 15 is 0 Å². The van der Waals surface area contributed by atoms with Crippen molar-refractivity contribution in [3.8, 4) is 5.75 Å². The highest BCUT2D eigenvalue weighted by Gasteiger charge is 2.09. The van der Waals surface area contributed by atoms with Gasteiger partial charge in [0.2, 0.25) is 0 Å². The highest BCUT2D eigenvalue weighted by molar-refractivity contribution is 5.31. The standard InChI is InChI=1S/C12H15F2O/c1-3-6-15-12-5-4-10(7-11(12)14)9(2)8-13/h4-5,7,9H,2-3,6,8H2,1H3. The van der Waals surface area contributed by atoms with Gasteiger partial charge in [0.05, 0.1) is 13.3 Å². The number of halogens is 2. The quantitative estimate of drug-likeness (QED) is 0.727. The lowest BCUT2D eigenvalue weighted by Crippen LogP contribution is -2.00. The highest BCUT2D eigenvalue weighted by atomic mass is 19.1. The lowest BCUT2D eigenvalue weighted by molar-refractivity contribution is 0.301. The Labute approximate surface area is 89.1 Å². The van der Waals surface area contributed by atoms with Crippen LogP contribution in [0.1, 0.15) is 24.8 Å². The van der Waals surface area contributed by atoms with Crippen molar-refractivity contribution in [1.82, 2.24) is 0 Å². The number of benzene rings is 1. The molecule has 0 bridgehead atoms. The van der Waals surface area contributed by atoms with E-state index in [4.69, 9.17) is 4.74 Å². The van der Waals surface area contributed by atoms with Gasteiger partial charge in [0.25, 0.3) is 0 Å². The second-order valence-electron chi connectivity index (χ2n) is 3.39. The summed E-state index contributed by atoms with van der Waals surface area (Å²) >= 11 is 0. The Morgan fingerprint density at radius 2 is 2.20 bits per heavy atom. The van der Waals surface area contributed by atoms with Gasteiger partial charge < -0.3 is 4.74 Å². The maximum absolute atomic E-state index is 13.4. The minimum atomic E-state index is -0.589. The summed E-state index contributed by atoms with van der Waals surface area (Å²) in [6.07, 6.45) is 0.823. The number of ether oxygens (including phenoxy) is 1. The number of hydrogen-bond acceptors (Lipinski definition) is 1. The Bertz CT molecular complexity index is 312. The molecule has 0 aliphatic heterocycles. The highest BCUT2D eigenvalue weighted by Crippen LogP contribution is 2.23. The van der Waals surface area contributed by atoms with Gasteiger partial charge in [-0.3, -0.25) is 4.39 Å². The summed E-state index contributed by atoms with van der Waals surface area (Å²) in [4.78, 5) is 0. The maximum atomic E-state index is 13.4. The molecule has 0 saturated heterocycles. The van der Waals surface area contributed by atoms with Crippen LogP contribution in [0.25, 0.3) is 0 Å². The molecule has 3 heteroatoms. The second-order valence-corrected chi connectivity index (χ2v) is 3.39. The Morgan fingerprint density at radius 1 is 1.47 bits per heavy atom. The molecule has 1 unspecified atom stereocenters. The van der Waals surface area contributed by atoms with Crippen molar-refractivity contribution in [3.05, 3.63) is 36.5 Å². The maximum Gasteiger partial charge on any atom is 0.165 e. The average Bonchev–Trinajstić information content (AvgIpc) is 2.26. The van der Waals surface area contributed by atoms with Crippen molar-refractivity contribution in [2.75, 3.05) is 13.3 Å². The monoisotopic (exact) mass is 213 g/mol. The van der Waals surface area contributed by atoms with Crippen molar-refractivity contribution in [2.24, 2.45) is 0 Å². The Kier molecular flexibility index (Phi) is 4.53. The zero-order valence-corrected chi connectivity index (χ0v) is 8.80. The van der Waals surface area contributed by atoms with Crippen LogP contribution in [0.4, 0.5) is 8.78 Å². The summed E-state index contributed by atoms with van der Waals surface area (Å²) in [5, 5.41) is 0. The summed E-state index contributed by atoms with van der Waals surface area (Å²) in [7, 11) is 0. The molecule has 0 heterocycles. The van der Waals surface area contributed by atoms with E-state index in [0.717, 1.165) is 6.42 Å². The van der Waals surface area contributed by atoms with Gasteiger partial charge in [0.1, 0.15) is 0 Å². The van der Waals surface area contributed by atoms with Gasteiger partial charge in [0.15, 0.2) is 11.6 Å². The molecule has 1 radical (unpaired) electrons. The van der Waals surface area contributed by atoms with Gasteiger partial charge in [-0.25, -0.2) is 4.39 Å². The van der Waals surface area contributed by atoms with E-state index in [1.165, 1.54) is 12.1 Å². The van der Waals surface area contributed by atoms with Gasteiger partial charge in [-0.15, -0.1) is 0 Å². The molecule has 15 heavy (non-hydrogen) atoms. The zero-order valence-electron chi connectivity index (χ0n) is 8.80. The minimum absolute atomic E-state index is 0.214. The molecule has 1 nitrogen and oxygen atoms in total. The molecular formula is C12H15F2O. The van der Waals surface area contributed by atoms with Crippen molar-refractivity contribution in [3.63, 3.8) is 0 Å². The molecule has 0 aliphatic rings. The molecule has 0 saturated carbocycles. The van der Waals surface area contributed by atoms with E-state index in [-0.39, 0.29) is 5.75 Å². The summed E-state index contributed by atoms with van der Waals surface area (Å²) in [6, 6.07) is 4.45. The average molecular weight is 213 g/mol. The minimum Gasteiger partial charge on any atom is -0.491 e. The third-order valence-electron chi connectivity index (χ3n) is 2.08. The summed E-state index contributed by atoms with van der Waals surface area (Å²) in [6.45, 7) is 5.41. The van der Waals surface area contributed by atoms with Crippen molar-refractivity contribution in [1.29, 1.82) is 0 Å². The topological polar surface area (TPSA) is 9.23 Å². The Balaban J connectivity index is 2.78. The van der Waals surface area contributed by atoms with Gasteiger partial charge >= 0.3 is 0 Å². The van der Waals surface area contributed by atoms with Gasteiger partial charge in [-0.05, 0) is 31.0 Å². The smallest absolute Gasteiger partial charge is 0.165 e. The molecule has 0 aliphatic carbocycles. The number of rotatable bonds is 5. The third-order valence-corrected chi connectivity index (χ3v) is 2.08. The van der Waals surface area contributed by atoms with Gasteiger partial charge in [-0.2, -0.15) is 0 Å².